The normalized spacial score (nSPS) is 18.8. The summed E-state index contributed by atoms with van der Waals surface area (Å²) in [4.78, 5) is 26.1. The van der Waals surface area contributed by atoms with E-state index in [1.54, 1.807) is 24.1 Å². The molecule has 1 amide bonds. The van der Waals surface area contributed by atoms with Crippen molar-refractivity contribution in [3.05, 3.63) is 23.8 Å². The van der Waals surface area contributed by atoms with E-state index in [1.165, 1.54) is 0 Å². The molecule has 1 aromatic rings. The number of hydrogen-bond donors (Lipinski definition) is 0. The Bertz CT molecular complexity index is 534. The number of rotatable bonds is 2. The SMILES string of the molecule is COc1ccc2c(c1)C(=O)CCN2C(=O)C1CCC1. The van der Waals surface area contributed by atoms with Gasteiger partial charge in [-0.05, 0) is 31.0 Å². The first-order chi connectivity index (χ1) is 9.20. The minimum atomic E-state index is 0.0894. The standard InChI is InChI=1S/C15H17NO3/c1-19-11-5-6-13-12(9-11)14(17)7-8-16(13)15(18)10-3-2-4-10/h5-6,9-10H,2-4,7-8H2,1H3. The van der Waals surface area contributed by atoms with Gasteiger partial charge in [0.25, 0.3) is 0 Å². The summed E-state index contributed by atoms with van der Waals surface area (Å²) in [5, 5.41) is 0. The maximum absolute atomic E-state index is 12.4. The van der Waals surface area contributed by atoms with Crippen LogP contribution < -0.4 is 9.64 Å². The van der Waals surface area contributed by atoms with E-state index in [9.17, 15) is 9.59 Å². The van der Waals surface area contributed by atoms with Crippen LogP contribution in [0.25, 0.3) is 0 Å². The molecule has 1 heterocycles. The summed E-state index contributed by atoms with van der Waals surface area (Å²) < 4.78 is 5.15. The predicted molar refractivity (Wildman–Crippen MR) is 71.6 cm³/mol. The molecule has 0 radical (unpaired) electrons. The van der Waals surface area contributed by atoms with Crippen molar-refractivity contribution in [2.75, 3.05) is 18.6 Å². The fraction of sp³-hybridized carbons (Fsp3) is 0.467. The molecule has 1 aromatic carbocycles. The number of carbonyl (C=O) groups is 2. The molecule has 1 fully saturated rings. The summed E-state index contributed by atoms with van der Waals surface area (Å²) in [5.41, 5.74) is 1.35. The van der Waals surface area contributed by atoms with E-state index in [0.29, 0.717) is 24.3 Å². The molecular weight excluding hydrogens is 242 g/mol. The van der Waals surface area contributed by atoms with Crippen molar-refractivity contribution in [2.45, 2.75) is 25.7 Å². The highest BCUT2D eigenvalue weighted by atomic mass is 16.5. The zero-order chi connectivity index (χ0) is 13.4. The Morgan fingerprint density at radius 1 is 1.37 bits per heavy atom. The molecule has 1 saturated carbocycles. The number of carbonyl (C=O) groups excluding carboxylic acids is 2. The van der Waals surface area contributed by atoms with Gasteiger partial charge >= 0.3 is 0 Å². The maximum Gasteiger partial charge on any atom is 0.230 e. The smallest absolute Gasteiger partial charge is 0.230 e. The lowest BCUT2D eigenvalue weighted by Crippen LogP contribution is -2.43. The molecule has 4 nitrogen and oxygen atoms in total. The summed E-state index contributed by atoms with van der Waals surface area (Å²) in [6.45, 7) is 0.507. The number of anilines is 1. The van der Waals surface area contributed by atoms with Crippen LogP contribution in [0.2, 0.25) is 0 Å². The third-order valence-electron chi connectivity index (χ3n) is 4.08. The van der Waals surface area contributed by atoms with Crippen LogP contribution in [0.4, 0.5) is 5.69 Å². The lowest BCUT2D eigenvalue weighted by atomic mass is 9.83. The van der Waals surface area contributed by atoms with Gasteiger partial charge in [-0.25, -0.2) is 0 Å². The quantitative estimate of drug-likeness (QED) is 0.819. The highest BCUT2D eigenvalue weighted by Crippen LogP contribution is 2.35. The molecule has 1 aliphatic heterocycles. The van der Waals surface area contributed by atoms with Crippen LogP contribution in [-0.4, -0.2) is 25.3 Å². The van der Waals surface area contributed by atoms with E-state index in [2.05, 4.69) is 0 Å². The monoisotopic (exact) mass is 259 g/mol. The number of benzene rings is 1. The third kappa shape index (κ3) is 2.01. The van der Waals surface area contributed by atoms with E-state index in [0.717, 1.165) is 24.9 Å². The molecule has 0 N–H and O–H groups in total. The largest absolute Gasteiger partial charge is 0.497 e. The topological polar surface area (TPSA) is 46.6 Å². The highest BCUT2D eigenvalue weighted by Gasteiger charge is 2.34. The zero-order valence-corrected chi connectivity index (χ0v) is 11.0. The number of ketones is 1. The fourth-order valence-corrected chi connectivity index (χ4v) is 2.67. The third-order valence-corrected chi connectivity index (χ3v) is 4.08. The molecule has 0 unspecified atom stereocenters. The van der Waals surface area contributed by atoms with E-state index in [-0.39, 0.29) is 17.6 Å². The molecule has 0 aromatic heterocycles. The van der Waals surface area contributed by atoms with Crippen molar-refractivity contribution >= 4 is 17.4 Å². The van der Waals surface area contributed by atoms with Gasteiger partial charge in [-0.1, -0.05) is 6.42 Å². The molecule has 0 saturated heterocycles. The highest BCUT2D eigenvalue weighted by molar-refractivity contribution is 6.09. The molecule has 0 atom stereocenters. The first-order valence-corrected chi connectivity index (χ1v) is 6.73. The number of Topliss-reactive ketones (excluding diaryl/α,β-unsaturated/α-hetero) is 1. The number of ether oxygens (including phenoxy) is 1. The number of hydrogen-bond acceptors (Lipinski definition) is 3. The van der Waals surface area contributed by atoms with Crippen LogP contribution in [0, 0.1) is 5.92 Å². The Hall–Kier alpha value is -1.84. The van der Waals surface area contributed by atoms with E-state index >= 15 is 0 Å². The number of methoxy groups -OCH3 is 1. The van der Waals surface area contributed by atoms with Crippen molar-refractivity contribution in [3.63, 3.8) is 0 Å². The number of fused-ring (bicyclic) bond motifs is 1. The van der Waals surface area contributed by atoms with Crippen molar-refractivity contribution in [2.24, 2.45) is 5.92 Å². The van der Waals surface area contributed by atoms with Crippen LogP contribution in [-0.2, 0) is 4.79 Å². The average molecular weight is 259 g/mol. The first-order valence-electron chi connectivity index (χ1n) is 6.73. The Kier molecular flexibility index (Phi) is 3.01. The summed E-state index contributed by atoms with van der Waals surface area (Å²) in [6, 6.07) is 5.36. The van der Waals surface area contributed by atoms with Crippen LogP contribution in [0.1, 0.15) is 36.0 Å². The van der Waals surface area contributed by atoms with Gasteiger partial charge in [-0.3, -0.25) is 9.59 Å². The first kappa shape index (κ1) is 12.2. The molecule has 2 aliphatic rings. The van der Waals surface area contributed by atoms with Crippen molar-refractivity contribution < 1.29 is 14.3 Å². The average Bonchev–Trinajstić information content (AvgIpc) is 2.36. The van der Waals surface area contributed by atoms with Crippen molar-refractivity contribution in [3.8, 4) is 5.75 Å². The molecule has 3 rings (SSSR count). The van der Waals surface area contributed by atoms with Gasteiger partial charge in [0.15, 0.2) is 5.78 Å². The van der Waals surface area contributed by atoms with Crippen LogP contribution in [0.15, 0.2) is 18.2 Å². The molecule has 100 valence electrons. The van der Waals surface area contributed by atoms with Gasteiger partial charge in [0, 0.05) is 24.4 Å². The number of nitrogens with zero attached hydrogens (tertiary/aromatic N) is 1. The fourth-order valence-electron chi connectivity index (χ4n) is 2.67. The van der Waals surface area contributed by atoms with E-state index in [1.807, 2.05) is 6.07 Å². The van der Waals surface area contributed by atoms with Crippen LogP contribution in [0.5, 0.6) is 5.75 Å². The minimum Gasteiger partial charge on any atom is -0.497 e. The van der Waals surface area contributed by atoms with E-state index < -0.39 is 0 Å². The van der Waals surface area contributed by atoms with Crippen LogP contribution in [0.3, 0.4) is 0 Å². The minimum absolute atomic E-state index is 0.0894. The number of amides is 1. The predicted octanol–water partition coefficient (Wildman–Crippen LogP) is 2.41. The van der Waals surface area contributed by atoms with Gasteiger partial charge in [0.05, 0.1) is 12.8 Å². The van der Waals surface area contributed by atoms with E-state index in [4.69, 9.17) is 4.74 Å². The summed E-state index contributed by atoms with van der Waals surface area (Å²) in [7, 11) is 1.58. The second kappa shape index (κ2) is 4.68. The zero-order valence-electron chi connectivity index (χ0n) is 11.0. The van der Waals surface area contributed by atoms with Gasteiger partial charge in [0.1, 0.15) is 5.75 Å². The second-order valence-corrected chi connectivity index (χ2v) is 5.17. The summed E-state index contributed by atoms with van der Waals surface area (Å²) in [5.74, 6) is 1.07. The van der Waals surface area contributed by atoms with Crippen molar-refractivity contribution in [1.29, 1.82) is 0 Å². The lowest BCUT2D eigenvalue weighted by Gasteiger charge is -2.34. The second-order valence-electron chi connectivity index (χ2n) is 5.17. The summed E-state index contributed by atoms with van der Waals surface area (Å²) >= 11 is 0. The molecule has 0 spiro atoms. The van der Waals surface area contributed by atoms with Gasteiger partial charge < -0.3 is 9.64 Å². The van der Waals surface area contributed by atoms with Gasteiger partial charge in [-0.2, -0.15) is 0 Å². The molecule has 1 aliphatic carbocycles. The Labute approximate surface area is 112 Å². The molecule has 19 heavy (non-hydrogen) atoms. The van der Waals surface area contributed by atoms with Crippen LogP contribution >= 0.6 is 0 Å². The summed E-state index contributed by atoms with van der Waals surface area (Å²) in [6.07, 6.45) is 3.50. The maximum atomic E-state index is 12.4. The van der Waals surface area contributed by atoms with Gasteiger partial charge in [0.2, 0.25) is 5.91 Å². The molecular formula is C15H17NO3. The molecule has 0 bridgehead atoms. The Morgan fingerprint density at radius 3 is 2.79 bits per heavy atom. The Morgan fingerprint density at radius 2 is 2.16 bits per heavy atom. The Balaban J connectivity index is 1.95. The van der Waals surface area contributed by atoms with Gasteiger partial charge in [-0.15, -0.1) is 0 Å². The molecule has 4 heteroatoms. The van der Waals surface area contributed by atoms with Crippen molar-refractivity contribution in [1.82, 2.24) is 0 Å². The lowest BCUT2D eigenvalue weighted by molar-refractivity contribution is -0.124.